The van der Waals surface area contributed by atoms with Crippen molar-refractivity contribution in [1.82, 2.24) is 9.80 Å². The highest BCUT2D eigenvalue weighted by Crippen LogP contribution is 2.19. The molecule has 0 radical (unpaired) electrons. The average molecular weight is 310 g/mol. The van der Waals surface area contributed by atoms with Crippen molar-refractivity contribution in [2.75, 3.05) is 34.3 Å². The minimum absolute atomic E-state index is 0.192. The van der Waals surface area contributed by atoms with Gasteiger partial charge in [-0.05, 0) is 25.6 Å². The van der Waals surface area contributed by atoms with Gasteiger partial charge < -0.3 is 14.7 Å². The number of aliphatic hydroxyl groups is 1. The number of likely N-dealkylation sites (N-methyl/N-ethyl adjacent to an activating group) is 2. The lowest BCUT2D eigenvalue weighted by Crippen LogP contribution is -2.39. The van der Waals surface area contributed by atoms with Crippen LogP contribution in [0.5, 0.6) is 0 Å². The van der Waals surface area contributed by atoms with Crippen LogP contribution in [0.2, 0.25) is 0 Å². The summed E-state index contributed by atoms with van der Waals surface area (Å²) < 4.78 is 19.0. The largest absolute Gasteiger partial charge is 0.392 e. The minimum Gasteiger partial charge on any atom is -0.392 e. The minimum atomic E-state index is -0.556. The number of amides is 1. The van der Waals surface area contributed by atoms with Gasteiger partial charge in [-0.1, -0.05) is 6.07 Å². The van der Waals surface area contributed by atoms with Crippen molar-refractivity contribution in [3.05, 3.63) is 35.1 Å². The molecule has 0 saturated carbocycles. The van der Waals surface area contributed by atoms with Crippen molar-refractivity contribution >= 4 is 5.91 Å². The molecule has 122 valence electrons. The summed E-state index contributed by atoms with van der Waals surface area (Å²) in [6, 6.07) is 4.41. The van der Waals surface area contributed by atoms with E-state index in [-0.39, 0.29) is 30.2 Å². The number of benzene rings is 1. The lowest BCUT2D eigenvalue weighted by Gasteiger charge is -2.25. The molecule has 1 saturated heterocycles. The summed E-state index contributed by atoms with van der Waals surface area (Å²) in [7, 11) is 5.42. The Bertz CT molecular complexity index is 538. The molecule has 1 heterocycles. The Balaban J connectivity index is 2.02. The molecular formula is C16H23FN2O3. The molecule has 1 N–H and O–H groups in total. The number of carbonyl (C=O) groups is 1. The van der Waals surface area contributed by atoms with Gasteiger partial charge in [0.2, 0.25) is 0 Å². The van der Waals surface area contributed by atoms with E-state index >= 15 is 0 Å². The molecule has 1 aromatic carbocycles. The molecule has 1 amide bonds. The van der Waals surface area contributed by atoms with Crippen LogP contribution in [0.4, 0.5) is 4.39 Å². The van der Waals surface area contributed by atoms with Gasteiger partial charge in [-0.15, -0.1) is 0 Å². The number of hydrogen-bond acceptors (Lipinski definition) is 4. The smallest absolute Gasteiger partial charge is 0.253 e. The third-order valence-electron chi connectivity index (χ3n) is 4.28. The van der Waals surface area contributed by atoms with Crippen LogP contribution in [0, 0.1) is 5.82 Å². The second kappa shape index (κ2) is 7.17. The van der Waals surface area contributed by atoms with Crippen LogP contribution < -0.4 is 0 Å². The van der Waals surface area contributed by atoms with Gasteiger partial charge in [0.05, 0.1) is 12.7 Å². The highest BCUT2D eigenvalue weighted by molar-refractivity contribution is 5.94. The van der Waals surface area contributed by atoms with Crippen molar-refractivity contribution in [3.63, 3.8) is 0 Å². The Hall–Kier alpha value is -1.50. The zero-order valence-corrected chi connectivity index (χ0v) is 13.3. The number of rotatable bonds is 5. The fourth-order valence-corrected chi connectivity index (χ4v) is 2.84. The maximum absolute atomic E-state index is 13.7. The maximum Gasteiger partial charge on any atom is 0.253 e. The third kappa shape index (κ3) is 3.63. The molecule has 2 rings (SSSR count). The highest BCUT2D eigenvalue weighted by Gasteiger charge is 2.31. The molecule has 0 bridgehead atoms. The summed E-state index contributed by atoms with van der Waals surface area (Å²) in [5.41, 5.74) is 0.485. The molecule has 1 fully saturated rings. The molecule has 1 aromatic rings. The second-order valence-electron chi connectivity index (χ2n) is 5.84. The quantitative estimate of drug-likeness (QED) is 0.885. The highest BCUT2D eigenvalue weighted by atomic mass is 19.1. The van der Waals surface area contributed by atoms with Gasteiger partial charge in [0.1, 0.15) is 5.82 Å². The molecule has 0 spiro atoms. The number of aliphatic hydroxyl groups excluding tert-OH is 1. The van der Waals surface area contributed by atoms with E-state index in [1.807, 2.05) is 7.05 Å². The van der Waals surface area contributed by atoms with Gasteiger partial charge in [-0.25, -0.2) is 4.39 Å². The first-order valence-corrected chi connectivity index (χ1v) is 7.34. The van der Waals surface area contributed by atoms with E-state index in [0.717, 1.165) is 13.0 Å². The van der Waals surface area contributed by atoms with E-state index in [0.29, 0.717) is 12.1 Å². The van der Waals surface area contributed by atoms with Crippen molar-refractivity contribution in [2.45, 2.75) is 25.2 Å². The van der Waals surface area contributed by atoms with Crippen LogP contribution in [0.25, 0.3) is 0 Å². The summed E-state index contributed by atoms with van der Waals surface area (Å²) >= 11 is 0. The Morgan fingerprint density at radius 2 is 2.27 bits per heavy atom. The van der Waals surface area contributed by atoms with E-state index < -0.39 is 5.82 Å². The van der Waals surface area contributed by atoms with E-state index in [1.54, 1.807) is 25.1 Å². The number of methoxy groups -OCH3 is 1. The molecule has 0 unspecified atom stereocenters. The van der Waals surface area contributed by atoms with Gasteiger partial charge in [-0.3, -0.25) is 9.69 Å². The van der Waals surface area contributed by atoms with Crippen molar-refractivity contribution in [2.24, 2.45) is 0 Å². The lowest BCUT2D eigenvalue weighted by molar-refractivity contribution is 0.0759. The standard InChI is InChI=1S/C16H23FN2O3/c1-18-9-14(22-3)7-13(18)8-19(2)16(21)11-4-5-12(10-20)15(17)6-11/h4-6,13-14,20H,7-10H2,1-3H3/t13-,14-/m0/s1. The van der Waals surface area contributed by atoms with Crippen LogP contribution in [-0.4, -0.2) is 67.3 Å². The third-order valence-corrected chi connectivity index (χ3v) is 4.28. The average Bonchev–Trinajstić information content (AvgIpc) is 2.86. The summed E-state index contributed by atoms with van der Waals surface area (Å²) in [5.74, 6) is -0.781. The monoisotopic (exact) mass is 310 g/mol. The Kier molecular flexibility index (Phi) is 5.50. The normalized spacial score (nSPS) is 22.0. The number of hydrogen-bond donors (Lipinski definition) is 1. The molecule has 0 aromatic heterocycles. The first-order chi connectivity index (χ1) is 10.5. The van der Waals surface area contributed by atoms with Crippen LogP contribution in [-0.2, 0) is 11.3 Å². The molecule has 1 aliphatic heterocycles. The van der Waals surface area contributed by atoms with Gasteiger partial charge >= 0.3 is 0 Å². The van der Waals surface area contributed by atoms with E-state index in [9.17, 15) is 9.18 Å². The molecule has 1 aliphatic rings. The van der Waals surface area contributed by atoms with Crippen LogP contribution in [0.15, 0.2) is 18.2 Å². The summed E-state index contributed by atoms with van der Waals surface area (Å²) in [6.45, 7) is 1.04. The molecule has 22 heavy (non-hydrogen) atoms. The molecule has 5 nitrogen and oxygen atoms in total. The Morgan fingerprint density at radius 1 is 1.55 bits per heavy atom. The molecular weight excluding hydrogens is 287 g/mol. The fraction of sp³-hybridized carbons (Fsp3) is 0.562. The summed E-state index contributed by atoms with van der Waals surface area (Å²) in [5, 5.41) is 8.97. The van der Waals surface area contributed by atoms with E-state index in [1.165, 1.54) is 12.1 Å². The van der Waals surface area contributed by atoms with Gasteiger partial charge in [0, 0.05) is 44.4 Å². The number of likely N-dealkylation sites (tertiary alicyclic amines) is 1. The van der Waals surface area contributed by atoms with Crippen molar-refractivity contribution in [1.29, 1.82) is 0 Å². The van der Waals surface area contributed by atoms with Crippen LogP contribution >= 0.6 is 0 Å². The van der Waals surface area contributed by atoms with Gasteiger partial charge in [0.15, 0.2) is 0 Å². The first kappa shape index (κ1) is 16.9. The van der Waals surface area contributed by atoms with E-state index in [4.69, 9.17) is 9.84 Å². The SMILES string of the molecule is CO[C@H]1C[C@@H](CN(C)C(=O)c2ccc(CO)c(F)c2)N(C)C1. The number of nitrogens with zero attached hydrogens (tertiary/aromatic N) is 2. The van der Waals surface area contributed by atoms with Crippen molar-refractivity contribution in [3.8, 4) is 0 Å². The fourth-order valence-electron chi connectivity index (χ4n) is 2.84. The number of ether oxygens (including phenoxy) is 1. The summed E-state index contributed by atoms with van der Waals surface area (Å²) in [4.78, 5) is 16.2. The predicted molar refractivity (Wildman–Crippen MR) is 81.1 cm³/mol. The Labute approximate surface area is 130 Å². The van der Waals surface area contributed by atoms with Gasteiger partial charge in [0.25, 0.3) is 5.91 Å². The predicted octanol–water partition coefficient (Wildman–Crippen LogP) is 1.11. The van der Waals surface area contributed by atoms with E-state index in [2.05, 4.69) is 4.90 Å². The number of halogens is 1. The number of carbonyl (C=O) groups excluding carboxylic acids is 1. The van der Waals surface area contributed by atoms with Gasteiger partial charge in [-0.2, -0.15) is 0 Å². The molecule has 2 atom stereocenters. The second-order valence-corrected chi connectivity index (χ2v) is 5.84. The van der Waals surface area contributed by atoms with Crippen molar-refractivity contribution < 1.29 is 19.0 Å². The summed E-state index contributed by atoms with van der Waals surface area (Å²) in [6.07, 6.45) is 1.07. The Morgan fingerprint density at radius 3 is 2.82 bits per heavy atom. The van der Waals surface area contributed by atoms with Crippen LogP contribution in [0.3, 0.4) is 0 Å². The maximum atomic E-state index is 13.7. The molecule has 0 aliphatic carbocycles. The molecule has 6 heteroatoms. The zero-order chi connectivity index (χ0) is 16.3. The lowest BCUT2D eigenvalue weighted by atomic mass is 10.1. The van der Waals surface area contributed by atoms with Crippen LogP contribution in [0.1, 0.15) is 22.3 Å². The topological polar surface area (TPSA) is 53.0 Å². The zero-order valence-electron chi connectivity index (χ0n) is 13.3. The first-order valence-electron chi connectivity index (χ1n) is 7.34.